The van der Waals surface area contributed by atoms with Gasteiger partial charge in [-0.1, -0.05) is 18.2 Å². The SMILES string of the molecule is CCOC(=O)c1cc(C(=O)OC)n(-c2ccccc2)c1-c1ccc(OC)cc1. The lowest BCUT2D eigenvalue weighted by Gasteiger charge is -2.14. The fourth-order valence-corrected chi connectivity index (χ4v) is 3.01. The number of carbonyl (C=O) groups excluding carboxylic acids is 2. The molecular formula is C22H21NO5. The van der Waals surface area contributed by atoms with E-state index in [0.29, 0.717) is 11.4 Å². The second-order valence-electron chi connectivity index (χ2n) is 5.90. The average Bonchev–Trinajstić information content (AvgIpc) is 3.14. The molecule has 28 heavy (non-hydrogen) atoms. The van der Waals surface area contributed by atoms with Crippen LogP contribution in [0, 0.1) is 0 Å². The number of methoxy groups -OCH3 is 2. The first-order valence-electron chi connectivity index (χ1n) is 8.81. The van der Waals surface area contributed by atoms with Crippen LogP contribution in [0.5, 0.6) is 5.75 Å². The molecule has 2 aromatic carbocycles. The number of para-hydroxylation sites is 1. The van der Waals surface area contributed by atoms with E-state index in [4.69, 9.17) is 14.2 Å². The van der Waals surface area contributed by atoms with Gasteiger partial charge >= 0.3 is 11.9 Å². The summed E-state index contributed by atoms with van der Waals surface area (Å²) in [7, 11) is 2.89. The van der Waals surface area contributed by atoms with Gasteiger partial charge in [0.2, 0.25) is 0 Å². The van der Waals surface area contributed by atoms with Crippen LogP contribution in [0.4, 0.5) is 0 Å². The highest BCUT2D eigenvalue weighted by Gasteiger charge is 2.27. The van der Waals surface area contributed by atoms with Crippen LogP contribution in [0.25, 0.3) is 16.9 Å². The van der Waals surface area contributed by atoms with E-state index in [9.17, 15) is 9.59 Å². The maximum atomic E-state index is 12.7. The van der Waals surface area contributed by atoms with E-state index in [1.54, 1.807) is 30.7 Å². The number of benzene rings is 2. The van der Waals surface area contributed by atoms with E-state index in [1.807, 2.05) is 42.5 Å². The third kappa shape index (κ3) is 3.62. The maximum absolute atomic E-state index is 12.7. The van der Waals surface area contributed by atoms with E-state index in [2.05, 4.69) is 0 Å². The molecular weight excluding hydrogens is 358 g/mol. The molecule has 6 nitrogen and oxygen atoms in total. The summed E-state index contributed by atoms with van der Waals surface area (Å²) in [5.74, 6) is -0.366. The molecule has 0 unspecified atom stereocenters. The maximum Gasteiger partial charge on any atom is 0.355 e. The average molecular weight is 379 g/mol. The lowest BCUT2D eigenvalue weighted by Crippen LogP contribution is -2.10. The first-order valence-corrected chi connectivity index (χ1v) is 8.81. The molecule has 0 saturated heterocycles. The zero-order valence-corrected chi connectivity index (χ0v) is 16.0. The van der Waals surface area contributed by atoms with Gasteiger partial charge in [-0.3, -0.25) is 0 Å². The highest BCUT2D eigenvalue weighted by atomic mass is 16.5. The van der Waals surface area contributed by atoms with E-state index in [-0.39, 0.29) is 17.9 Å². The topological polar surface area (TPSA) is 66.8 Å². The van der Waals surface area contributed by atoms with Crippen molar-refractivity contribution in [1.29, 1.82) is 0 Å². The first kappa shape index (κ1) is 19.2. The summed E-state index contributed by atoms with van der Waals surface area (Å²) < 4.78 is 17.1. The number of hydrogen-bond acceptors (Lipinski definition) is 5. The minimum atomic E-state index is -0.547. The molecule has 6 heteroatoms. The predicted octanol–water partition coefficient (Wildman–Crippen LogP) is 4.12. The molecule has 0 atom stereocenters. The molecule has 0 N–H and O–H groups in total. The first-order chi connectivity index (χ1) is 13.6. The Kier molecular flexibility index (Phi) is 5.79. The number of carbonyl (C=O) groups is 2. The Morgan fingerprint density at radius 1 is 0.929 bits per heavy atom. The largest absolute Gasteiger partial charge is 0.497 e. The number of aromatic nitrogens is 1. The minimum absolute atomic E-state index is 0.227. The molecule has 0 aliphatic rings. The Balaban J connectivity index is 2.32. The van der Waals surface area contributed by atoms with Crippen molar-refractivity contribution in [3.63, 3.8) is 0 Å². The van der Waals surface area contributed by atoms with Gasteiger partial charge in [0.05, 0.1) is 32.1 Å². The number of esters is 2. The number of rotatable bonds is 6. The van der Waals surface area contributed by atoms with Crippen molar-refractivity contribution in [2.24, 2.45) is 0 Å². The summed E-state index contributed by atoms with van der Waals surface area (Å²) in [4.78, 5) is 25.1. The number of ether oxygens (including phenoxy) is 3. The van der Waals surface area contributed by atoms with Crippen molar-refractivity contribution in [1.82, 2.24) is 4.57 Å². The van der Waals surface area contributed by atoms with Crippen molar-refractivity contribution in [3.05, 3.63) is 71.9 Å². The third-order valence-electron chi connectivity index (χ3n) is 4.27. The van der Waals surface area contributed by atoms with Gasteiger partial charge in [0.15, 0.2) is 0 Å². The summed E-state index contributed by atoms with van der Waals surface area (Å²) in [6, 6.07) is 18.1. The highest BCUT2D eigenvalue weighted by molar-refractivity contribution is 6.02. The molecule has 0 radical (unpaired) electrons. The van der Waals surface area contributed by atoms with E-state index in [0.717, 1.165) is 11.3 Å². The normalized spacial score (nSPS) is 10.4. The van der Waals surface area contributed by atoms with Crippen LogP contribution in [0.2, 0.25) is 0 Å². The molecule has 0 fully saturated rings. The number of nitrogens with zero attached hydrogens (tertiary/aromatic N) is 1. The summed E-state index contributed by atoms with van der Waals surface area (Å²) in [5.41, 5.74) is 2.54. The Morgan fingerprint density at radius 3 is 2.18 bits per heavy atom. The van der Waals surface area contributed by atoms with Gasteiger partial charge in [0.1, 0.15) is 11.4 Å². The molecule has 0 spiro atoms. The fourth-order valence-electron chi connectivity index (χ4n) is 3.01. The molecule has 0 saturated carbocycles. The molecule has 0 bridgehead atoms. The molecule has 1 heterocycles. The predicted molar refractivity (Wildman–Crippen MR) is 105 cm³/mol. The summed E-state index contributed by atoms with van der Waals surface area (Å²) >= 11 is 0. The Bertz CT molecular complexity index is 974. The Hall–Kier alpha value is -3.54. The summed E-state index contributed by atoms with van der Waals surface area (Å²) in [6.07, 6.45) is 0. The lowest BCUT2D eigenvalue weighted by atomic mass is 10.1. The van der Waals surface area contributed by atoms with Gasteiger partial charge in [-0.2, -0.15) is 0 Å². The molecule has 3 rings (SSSR count). The van der Waals surface area contributed by atoms with Gasteiger partial charge in [0, 0.05) is 5.69 Å². The summed E-state index contributed by atoms with van der Waals surface area (Å²) in [5, 5.41) is 0. The van der Waals surface area contributed by atoms with Gasteiger partial charge in [-0.15, -0.1) is 0 Å². The molecule has 0 aliphatic carbocycles. The lowest BCUT2D eigenvalue weighted by molar-refractivity contribution is 0.0527. The van der Waals surface area contributed by atoms with Crippen molar-refractivity contribution < 1.29 is 23.8 Å². The van der Waals surface area contributed by atoms with E-state index >= 15 is 0 Å². The number of hydrogen-bond donors (Lipinski definition) is 0. The van der Waals surface area contributed by atoms with Crippen molar-refractivity contribution >= 4 is 11.9 Å². The van der Waals surface area contributed by atoms with Crippen LogP contribution >= 0.6 is 0 Å². The van der Waals surface area contributed by atoms with Crippen LogP contribution in [-0.2, 0) is 9.47 Å². The van der Waals surface area contributed by atoms with E-state index in [1.165, 1.54) is 13.2 Å². The summed E-state index contributed by atoms with van der Waals surface area (Å²) in [6.45, 7) is 1.96. The molecule has 1 aromatic heterocycles. The zero-order valence-electron chi connectivity index (χ0n) is 16.0. The van der Waals surface area contributed by atoms with Crippen molar-refractivity contribution in [2.45, 2.75) is 6.92 Å². The fraction of sp³-hybridized carbons (Fsp3) is 0.182. The minimum Gasteiger partial charge on any atom is -0.497 e. The van der Waals surface area contributed by atoms with Gasteiger partial charge < -0.3 is 18.8 Å². The Labute approximate surface area is 163 Å². The molecule has 0 aliphatic heterocycles. The second kappa shape index (κ2) is 8.43. The van der Waals surface area contributed by atoms with E-state index < -0.39 is 11.9 Å². The standard InChI is InChI=1S/C22H21NO5/c1-4-28-21(24)18-14-19(22(25)27-3)23(16-8-6-5-7-9-16)20(18)15-10-12-17(26-2)13-11-15/h5-14H,4H2,1-3H3. The second-order valence-corrected chi connectivity index (χ2v) is 5.90. The molecule has 0 amide bonds. The zero-order chi connectivity index (χ0) is 20.1. The van der Waals surface area contributed by atoms with Gasteiger partial charge in [-0.25, -0.2) is 9.59 Å². The van der Waals surface area contributed by atoms with Crippen LogP contribution < -0.4 is 4.74 Å². The van der Waals surface area contributed by atoms with Gasteiger partial charge in [0.25, 0.3) is 0 Å². The van der Waals surface area contributed by atoms with Crippen LogP contribution in [0.15, 0.2) is 60.7 Å². The third-order valence-corrected chi connectivity index (χ3v) is 4.27. The monoisotopic (exact) mass is 379 g/mol. The molecule has 144 valence electrons. The quantitative estimate of drug-likeness (QED) is 0.603. The molecule has 3 aromatic rings. The van der Waals surface area contributed by atoms with Crippen molar-refractivity contribution in [3.8, 4) is 22.7 Å². The smallest absolute Gasteiger partial charge is 0.355 e. The van der Waals surface area contributed by atoms with Crippen LogP contribution in [0.3, 0.4) is 0 Å². The van der Waals surface area contributed by atoms with Crippen molar-refractivity contribution in [2.75, 3.05) is 20.8 Å². The van der Waals surface area contributed by atoms with Crippen LogP contribution in [-0.4, -0.2) is 37.3 Å². The highest BCUT2D eigenvalue weighted by Crippen LogP contribution is 2.33. The Morgan fingerprint density at radius 2 is 1.61 bits per heavy atom. The van der Waals surface area contributed by atoms with Crippen LogP contribution in [0.1, 0.15) is 27.8 Å². The van der Waals surface area contributed by atoms with Gasteiger partial charge in [-0.05, 0) is 55.0 Å².